The monoisotopic (exact) mass is 154 g/mol. The van der Waals surface area contributed by atoms with Gasteiger partial charge < -0.3 is 5.73 Å². The molecule has 0 fully saturated rings. The van der Waals surface area contributed by atoms with Gasteiger partial charge in [-0.3, -0.25) is 5.10 Å². The van der Waals surface area contributed by atoms with Gasteiger partial charge in [0, 0.05) is 5.92 Å². The lowest BCUT2D eigenvalue weighted by molar-refractivity contribution is 0.741. The number of rotatable bonds is 2. The molecule has 1 heterocycles. The summed E-state index contributed by atoms with van der Waals surface area (Å²) < 4.78 is 0. The number of nitrogens with zero attached hydrogens (tertiary/aromatic N) is 2. The molecule has 0 aromatic carbocycles. The van der Waals surface area contributed by atoms with E-state index in [0.29, 0.717) is 11.7 Å². The zero-order chi connectivity index (χ0) is 8.43. The Balaban J connectivity index is 2.82. The fourth-order valence-electron chi connectivity index (χ4n) is 0.750. The van der Waals surface area contributed by atoms with Crippen LogP contribution in [0, 0.1) is 0 Å². The van der Waals surface area contributed by atoms with Gasteiger partial charge in [0.15, 0.2) is 5.82 Å². The minimum atomic E-state index is -0.0845. The second-order valence-corrected chi connectivity index (χ2v) is 3.02. The molecule has 0 amide bonds. The van der Waals surface area contributed by atoms with Crippen LogP contribution in [0.5, 0.6) is 0 Å². The largest absolute Gasteiger partial charge is 0.321 e. The Morgan fingerprint density at radius 2 is 2.00 bits per heavy atom. The highest BCUT2D eigenvalue weighted by atomic mass is 15.2. The van der Waals surface area contributed by atoms with Crippen molar-refractivity contribution in [3.05, 3.63) is 11.6 Å². The average Bonchev–Trinajstić information content (AvgIpc) is 2.33. The summed E-state index contributed by atoms with van der Waals surface area (Å²) >= 11 is 0. The van der Waals surface area contributed by atoms with E-state index in [-0.39, 0.29) is 6.04 Å². The molecule has 0 saturated carbocycles. The standard InChI is InChI=1S/C7H14N4/c1-4(2)6-9-7(5(3)8)11-10-6/h4-5H,8H2,1-3H3,(H,9,10,11). The minimum Gasteiger partial charge on any atom is -0.321 e. The first-order valence-corrected chi connectivity index (χ1v) is 3.79. The zero-order valence-electron chi connectivity index (χ0n) is 7.13. The minimum absolute atomic E-state index is 0.0845. The van der Waals surface area contributed by atoms with Gasteiger partial charge >= 0.3 is 0 Å². The summed E-state index contributed by atoms with van der Waals surface area (Å²) in [7, 11) is 0. The van der Waals surface area contributed by atoms with Crippen LogP contribution in [0.4, 0.5) is 0 Å². The molecule has 1 atom stereocenters. The first-order chi connectivity index (χ1) is 5.11. The van der Waals surface area contributed by atoms with E-state index in [1.54, 1.807) is 0 Å². The molecule has 4 heteroatoms. The Morgan fingerprint density at radius 1 is 1.36 bits per heavy atom. The van der Waals surface area contributed by atoms with Crippen LogP contribution in [0.15, 0.2) is 0 Å². The summed E-state index contributed by atoms with van der Waals surface area (Å²) in [6, 6.07) is -0.0845. The first kappa shape index (κ1) is 8.20. The molecular formula is C7H14N4. The van der Waals surface area contributed by atoms with Gasteiger partial charge in [-0.25, -0.2) is 4.98 Å². The predicted molar refractivity (Wildman–Crippen MR) is 43.1 cm³/mol. The van der Waals surface area contributed by atoms with Gasteiger partial charge in [0.25, 0.3) is 0 Å². The number of aromatic nitrogens is 3. The molecule has 11 heavy (non-hydrogen) atoms. The Kier molecular flexibility index (Phi) is 2.24. The Labute approximate surface area is 66.2 Å². The predicted octanol–water partition coefficient (Wildman–Crippen LogP) is 0.948. The molecular weight excluding hydrogens is 140 g/mol. The molecule has 0 saturated heterocycles. The average molecular weight is 154 g/mol. The summed E-state index contributed by atoms with van der Waals surface area (Å²) in [6.07, 6.45) is 0. The van der Waals surface area contributed by atoms with Gasteiger partial charge in [-0.05, 0) is 6.92 Å². The van der Waals surface area contributed by atoms with Crippen molar-refractivity contribution in [3.63, 3.8) is 0 Å². The van der Waals surface area contributed by atoms with Crippen LogP contribution < -0.4 is 5.73 Å². The van der Waals surface area contributed by atoms with E-state index in [1.807, 2.05) is 6.92 Å². The van der Waals surface area contributed by atoms with Crippen molar-refractivity contribution in [1.82, 2.24) is 15.2 Å². The lowest BCUT2D eigenvalue weighted by Gasteiger charge is -1.96. The molecule has 0 aliphatic rings. The summed E-state index contributed by atoms with van der Waals surface area (Å²) in [5.74, 6) is 1.97. The third kappa shape index (κ3) is 1.77. The Bertz CT molecular complexity index is 204. The smallest absolute Gasteiger partial charge is 0.167 e. The van der Waals surface area contributed by atoms with E-state index in [2.05, 4.69) is 29.0 Å². The lowest BCUT2D eigenvalue weighted by Crippen LogP contribution is -2.06. The molecule has 1 rings (SSSR count). The van der Waals surface area contributed by atoms with Gasteiger partial charge in [-0.15, -0.1) is 0 Å². The number of hydrogen-bond donors (Lipinski definition) is 2. The zero-order valence-corrected chi connectivity index (χ0v) is 7.13. The van der Waals surface area contributed by atoms with Crippen molar-refractivity contribution in [1.29, 1.82) is 0 Å². The van der Waals surface area contributed by atoms with Crippen LogP contribution in [0.1, 0.15) is 44.4 Å². The number of H-pyrrole nitrogens is 1. The molecule has 4 nitrogen and oxygen atoms in total. The van der Waals surface area contributed by atoms with Crippen molar-refractivity contribution >= 4 is 0 Å². The highest BCUT2D eigenvalue weighted by molar-refractivity contribution is 4.97. The van der Waals surface area contributed by atoms with Crippen molar-refractivity contribution in [2.75, 3.05) is 0 Å². The maximum Gasteiger partial charge on any atom is 0.167 e. The number of hydrogen-bond acceptors (Lipinski definition) is 3. The van der Waals surface area contributed by atoms with Gasteiger partial charge in [0.05, 0.1) is 6.04 Å². The third-order valence-electron chi connectivity index (χ3n) is 1.47. The lowest BCUT2D eigenvalue weighted by atomic mass is 10.2. The Morgan fingerprint density at radius 3 is 2.27 bits per heavy atom. The van der Waals surface area contributed by atoms with Crippen molar-refractivity contribution in [2.24, 2.45) is 5.73 Å². The quantitative estimate of drug-likeness (QED) is 0.666. The van der Waals surface area contributed by atoms with Crippen LogP contribution in [-0.4, -0.2) is 15.2 Å². The van der Waals surface area contributed by atoms with E-state index in [0.717, 1.165) is 5.82 Å². The second-order valence-electron chi connectivity index (χ2n) is 3.02. The molecule has 3 N–H and O–H groups in total. The maximum atomic E-state index is 5.58. The molecule has 0 spiro atoms. The SMILES string of the molecule is CC(C)c1nc(C(C)N)n[nH]1. The van der Waals surface area contributed by atoms with Gasteiger partial charge in [-0.1, -0.05) is 13.8 Å². The van der Waals surface area contributed by atoms with Gasteiger partial charge in [-0.2, -0.15) is 5.10 Å². The summed E-state index contributed by atoms with van der Waals surface area (Å²) in [6.45, 7) is 5.99. The van der Waals surface area contributed by atoms with E-state index in [4.69, 9.17) is 5.73 Å². The van der Waals surface area contributed by atoms with Crippen LogP contribution in [0.3, 0.4) is 0 Å². The van der Waals surface area contributed by atoms with Crippen LogP contribution in [0.25, 0.3) is 0 Å². The van der Waals surface area contributed by atoms with E-state index >= 15 is 0 Å². The third-order valence-corrected chi connectivity index (χ3v) is 1.47. The summed E-state index contributed by atoms with van der Waals surface area (Å²) in [5, 5.41) is 6.82. The summed E-state index contributed by atoms with van der Waals surface area (Å²) in [5.41, 5.74) is 5.58. The van der Waals surface area contributed by atoms with E-state index in [9.17, 15) is 0 Å². The van der Waals surface area contributed by atoms with Gasteiger partial charge in [0.2, 0.25) is 0 Å². The molecule has 1 unspecified atom stereocenters. The Hall–Kier alpha value is -0.900. The fourth-order valence-corrected chi connectivity index (χ4v) is 0.750. The maximum absolute atomic E-state index is 5.58. The first-order valence-electron chi connectivity index (χ1n) is 3.79. The fraction of sp³-hybridized carbons (Fsp3) is 0.714. The van der Waals surface area contributed by atoms with Crippen molar-refractivity contribution in [3.8, 4) is 0 Å². The molecule has 1 aromatic rings. The van der Waals surface area contributed by atoms with Crippen molar-refractivity contribution in [2.45, 2.75) is 32.7 Å². The highest BCUT2D eigenvalue weighted by Gasteiger charge is 2.08. The topological polar surface area (TPSA) is 67.6 Å². The molecule has 0 aliphatic carbocycles. The number of nitrogens with two attached hydrogens (primary N) is 1. The van der Waals surface area contributed by atoms with E-state index in [1.165, 1.54) is 0 Å². The second kappa shape index (κ2) is 3.00. The molecule has 62 valence electrons. The van der Waals surface area contributed by atoms with Crippen LogP contribution in [0.2, 0.25) is 0 Å². The van der Waals surface area contributed by atoms with Gasteiger partial charge in [0.1, 0.15) is 5.82 Å². The molecule has 1 aromatic heterocycles. The van der Waals surface area contributed by atoms with Crippen LogP contribution in [-0.2, 0) is 0 Å². The normalized spacial score (nSPS) is 13.9. The van der Waals surface area contributed by atoms with E-state index < -0.39 is 0 Å². The van der Waals surface area contributed by atoms with Crippen LogP contribution >= 0.6 is 0 Å². The number of aromatic amines is 1. The molecule has 0 bridgehead atoms. The molecule has 0 radical (unpaired) electrons. The summed E-state index contributed by atoms with van der Waals surface area (Å²) in [4.78, 5) is 4.22. The highest BCUT2D eigenvalue weighted by Crippen LogP contribution is 2.10. The number of nitrogens with one attached hydrogen (secondary N) is 1. The molecule has 0 aliphatic heterocycles. The van der Waals surface area contributed by atoms with Crippen molar-refractivity contribution < 1.29 is 0 Å².